The summed E-state index contributed by atoms with van der Waals surface area (Å²) in [6.45, 7) is 0.459. The Morgan fingerprint density at radius 2 is 1.96 bits per heavy atom. The summed E-state index contributed by atoms with van der Waals surface area (Å²) in [7, 11) is 5.23. The summed E-state index contributed by atoms with van der Waals surface area (Å²) in [4.78, 5) is 26.2. The molecule has 0 unspecified atom stereocenters. The van der Waals surface area contributed by atoms with Gasteiger partial charge in [-0.1, -0.05) is 12.1 Å². The molecule has 0 spiro atoms. The number of nitrogens with zero attached hydrogens (tertiary/aromatic N) is 6. The van der Waals surface area contributed by atoms with Gasteiger partial charge < -0.3 is 10.2 Å². The topological polar surface area (TPSA) is 88.8 Å². The minimum atomic E-state index is -0.484. The average molecular weight is 369 g/mol. The van der Waals surface area contributed by atoms with Gasteiger partial charge in [0.25, 0.3) is 5.91 Å². The zero-order valence-electron chi connectivity index (χ0n) is 15.3. The summed E-state index contributed by atoms with van der Waals surface area (Å²) >= 11 is 0. The lowest BCUT2D eigenvalue weighted by atomic mass is 10.1. The van der Waals surface area contributed by atoms with Gasteiger partial charge in [-0.05, 0) is 12.1 Å². The van der Waals surface area contributed by atoms with E-state index in [9.17, 15) is 9.18 Å². The molecule has 0 aliphatic carbocycles. The van der Waals surface area contributed by atoms with Crippen LogP contribution in [0.4, 0.5) is 10.2 Å². The van der Waals surface area contributed by atoms with Crippen LogP contribution in [0.25, 0.3) is 11.4 Å². The zero-order valence-corrected chi connectivity index (χ0v) is 15.3. The lowest BCUT2D eigenvalue weighted by Gasteiger charge is -2.13. The molecule has 3 aromatic rings. The molecule has 0 saturated carbocycles. The molecule has 2 heterocycles. The van der Waals surface area contributed by atoms with Crippen LogP contribution in [0.5, 0.6) is 0 Å². The third kappa shape index (κ3) is 4.25. The van der Waals surface area contributed by atoms with E-state index in [0.717, 1.165) is 12.0 Å². The molecule has 1 aromatic carbocycles. The van der Waals surface area contributed by atoms with Gasteiger partial charge in [0.1, 0.15) is 12.2 Å². The first-order valence-electron chi connectivity index (χ1n) is 8.37. The molecule has 1 amide bonds. The van der Waals surface area contributed by atoms with E-state index in [1.165, 1.54) is 6.33 Å². The molecule has 9 heteroatoms. The van der Waals surface area contributed by atoms with Gasteiger partial charge in [-0.25, -0.2) is 19.3 Å². The van der Waals surface area contributed by atoms with Crippen LogP contribution in [0, 0.1) is 5.82 Å². The first-order chi connectivity index (χ1) is 13.0. The number of benzene rings is 1. The van der Waals surface area contributed by atoms with Gasteiger partial charge in [0.2, 0.25) is 0 Å². The summed E-state index contributed by atoms with van der Waals surface area (Å²) in [5, 5.41) is 6.84. The van der Waals surface area contributed by atoms with E-state index in [1.54, 1.807) is 47.9 Å². The van der Waals surface area contributed by atoms with Crippen LogP contribution < -0.4 is 10.2 Å². The van der Waals surface area contributed by atoms with E-state index in [0.29, 0.717) is 29.9 Å². The Morgan fingerprint density at radius 3 is 2.59 bits per heavy atom. The fourth-order valence-electron chi connectivity index (χ4n) is 2.52. The van der Waals surface area contributed by atoms with Crippen molar-refractivity contribution in [1.82, 2.24) is 30.0 Å². The monoisotopic (exact) mass is 369 g/mol. The molecule has 27 heavy (non-hydrogen) atoms. The van der Waals surface area contributed by atoms with E-state index in [4.69, 9.17) is 0 Å². The zero-order chi connectivity index (χ0) is 19.4. The third-order valence-electron chi connectivity index (χ3n) is 3.99. The number of carbonyl (C=O) groups excluding carboxylic acids is 1. The van der Waals surface area contributed by atoms with E-state index >= 15 is 0 Å². The van der Waals surface area contributed by atoms with Crippen molar-refractivity contribution in [3.05, 3.63) is 54.0 Å². The molecule has 0 radical (unpaired) electrons. The SMILES string of the molecule is CN(C)c1nc(-c2ccc(C(=O)NCCc3ncnn3C)cc2)ncc1F. The molecule has 0 atom stereocenters. The van der Waals surface area contributed by atoms with E-state index in [2.05, 4.69) is 25.4 Å². The number of hydrogen-bond donors (Lipinski definition) is 1. The molecule has 0 fully saturated rings. The Bertz CT molecular complexity index is 937. The molecular formula is C18H20FN7O. The minimum absolute atomic E-state index is 0.183. The van der Waals surface area contributed by atoms with Gasteiger partial charge >= 0.3 is 0 Å². The molecule has 0 aliphatic heterocycles. The number of hydrogen-bond acceptors (Lipinski definition) is 6. The van der Waals surface area contributed by atoms with Crippen LogP contribution in [0.3, 0.4) is 0 Å². The molecule has 0 aliphatic rings. The number of halogens is 1. The van der Waals surface area contributed by atoms with Crippen LogP contribution in [-0.4, -0.2) is 51.3 Å². The average Bonchev–Trinajstić information content (AvgIpc) is 3.07. The van der Waals surface area contributed by atoms with Gasteiger partial charge in [-0.3, -0.25) is 9.48 Å². The van der Waals surface area contributed by atoms with Crippen molar-refractivity contribution in [2.24, 2.45) is 7.05 Å². The predicted molar refractivity (Wildman–Crippen MR) is 98.8 cm³/mol. The van der Waals surface area contributed by atoms with E-state index < -0.39 is 5.82 Å². The third-order valence-corrected chi connectivity index (χ3v) is 3.99. The van der Waals surface area contributed by atoms with Crippen molar-refractivity contribution in [2.45, 2.75) is 6.42 Å². The standard InChI is InChI=1S/C18H20FN7O/c1-25(2)17-14(19)10-21-16(24-17)12-4-6-13(7-5-12)18(27)20-9-8-15-22-11-23-26(15)3/h4-7,10-11H,8-9H2,1-3H3,(H,20,27). The highest BCUT2D eigenvalue weighted by Gasteiger charge is 2.11. The Kier molecular flexibility index (Phi) is 5.39. The highest BCUT2D eigenvalue weighted by molar-refractivity contribution is 5.94. The van der Waals surface area contributed by atoms with Gasteiger partial charge in [-0.2, -0.15) is 5.10 Å². The molecule has 8 nitrogen and oxygen atoms in total. The maximum Gasteiger partial charge on any atom is 0.251 e. The van der Waals surface area contributed by atoms with E-state index in [1.807, 2.05) is 7.05 Å². The van der Waals surface area contributed by atoms with Gasteiger partial charge in [0.15, 0.2) is 17.5 Å². The van der Waals surface area contributed by atoms with Crippen LogP contribution >= 0.6 is 0 Å². The predicted octanol–water partition coefficient (Wildman–Crippen LogP) is 1.45. The number of rotatable bonds is 6. The van der Waals surface area contributed by atoms with Gasteiger partial charge in [-0.15, -0.1) is 0 Å². The van der Waals surface area contributed by atoms with Gasteiger partial charge in [0.05, 0.1) is 6.20 Å². The Morgan fingerprint density at radius 1 is 1.22 bits per heavy atom. The summed E-state index contributed by atoms with van der Waals surface area (Å²) in [6, 6.07) is 6.86. The first-order valence-corrected chi connectivity index (χ1v) is 8.37. The van der Waals surface area contributed by atoms with Crippen molar-refractivity contribution in [2.75, 3.05) is 25.5 Å². The molecular weight excluding hydrogens is 349 g/mol. The maximum atomic E-state index is 13.7. The summed E-state index contributed by atoms with van der Waals surface area (Å²) in [5.41, 5.74) is 1.22. The summed E-state index contributed by atoms with van der Waals surface area (Å²) in [5.74, 6) is 0.746. The number of aryl methyl sites for hydroxylation is 1. The lowest BCUT2D eigenvalue weighted by molar-refractivity contribution is 0.0954. The quantitative estimate of drug-likeness (QED) is 0.707. The smallest absolute Gasteiger partial charge is 0.251 e. The summed E-state index contributed by atoms with van der Waals surface area (Å²) < 4.78 is 15.4. The summed E-state index contributed by atoms with van der Waals surface area (Å²) in [6.07, 6.45) is 3.22. The normalized spacial score (nSPS) is 10.7. The van der Waals surface area contributed by atoms with Crippen molar-refractivity contribution in [3.63, 3.8) is 0 Å². The second-order valence-corrected chi connectivity index (χ2v) is 6.14. The molecule has 2 aromatic heterocycles. The van der Waals surface area contributed by atoms with E-state index in [-0.39, 0.29) is 11.7 Å². The van der Waals surface area contributed by atoms with Gasteiger partial charge in [0, 0.05) is 45.2 Å². The molecule has 1 N–H and O–H groups in total. The van der Waals surface area contributed by atoms with Crippen molar-refractivity contribution in [1.29, 1.82) is 0 Å². The van der Waals surface area contributed by atoms with Crippen molar-refractivity contribution >= 4 is 11.7 Å². The molecule has 0 saturated heterocycles. The van der Waals surface area contributed by atoms with Crippen LogP contribution in [0.15, 0.2) is 36.8 Å². The van der Waals surface area contributed by atoms with Crippen LogP contribution in [-0.2, 0) is 13.5 Å². The maximum absolute atomic E-state index is 13.7. The minimum Gasteiger partial charge on any atom is -0.360 e. The largest absolute Gasteiger partial charge is 0.360 e. The number of carbonyl (C=O) groups is 1. The molecule has 3 rings (SSSR count). The number of aromatic nitrogens is 5. The fourth-order valence-corrected chi connectivity index (χ4v) is 2.52. The lowest BCUT2D eigenvalue weighted by Crippen LogP contribution is -2.26. The highest BCUT2D eigenvalue weighted by atomic mass is 19.1. The second kappa shape index (κ2) is 7.90. The van der Waals surface area contributed by atoms with Crippen molar-refractivity contribution in [3.8, 4) is 11.4 Å². The molecule has 140 valence electrons. The molecule has 0 bridgehead atoms. The Balaban J connectivity index is 1.65. The second-order valence-electron chi connectivity index (χ2n) is 6.14. The number of anilines is 1. The Hall–Kier alpha value is -3.36. The number of amides is 1. The fraction of sp³-hybridized carbons (Fsp3) is 0.278. The highest BCUT2D eigenvalue weighted by Crippen LogP contribution is 2.20. The number of nitrogens with one attached hydrogen (secondary N) is 1. The van der Waals surface area contributed by atoms with Crippen molar-refractivity contribution < 1.29 is 9.18 Å². The van der Waals surface area contributed by atoms with Crippen LogP contribution in [0.2, 0.25) is 0 Å². The first kappa shape index (κ1) is 18.4. The Labute approximate surface area is 156 Å². The van der Waals surface area contributed by atoms with Crippen LogP contribution in [0.1, 0.15) is 16.2 Å².